The van der Waals surface area contributed by atoms with Gasteiger partial charge in [0.2, 0.25) is 0 Å². The maximum atomic E-state index is 14.3. The second-order valence-corrected chi connectivity index (χ2v) is 11.2. The molecule has 2 aliphatic rings. The molecule has 226 valence electrons. The molecule has 0 N–H and O–H groups in total. The Balaban J connectivity index is 1.38. The smallest absolute Gasteiger partial charge is 0.298 e. The number of halogens is 6. The van der Waals surface area contributed by atoms with Gasteiger partial charge in [-0.25, -0.2) is 13.2 Å². The SMILES string of the molecule is CC(=O)c1cc(-c2cccnc2[C@@H](CC(=O)Cn2nc3c(c2C(F)(F)F)C(=O)C2CC32)Cc2cc(F)cc(F)c2)ccc1F. The molecule has 12 heteroatoms. The van der Waals surface area contributed by atoms with Crippen molar-refractivity contribution in [1.29, 1.82) is 0 Å². The summed E-state index contributed by atoms with van der Waals surface area (Å²) >= 11 is 0. The minimum atomic E-state index is -4.93. The lowest BCUT2D eigenvalue weighted by Crippen LogP contribution is -2.23. The average Bonchev–Trinajstić information content (AvgIpc) is 3.57. The Morgan fingerprint density at radius 1 is 1.02 bits per heavy atom. The summed E-state index contributed by atoms with van der Waals surface area (Å²) in [7, 11) is 0. The summed E-state index contributed by atoms with van der Waals surface area (Å²) in [6.45, 7) is 0.400. The molecule has 44 heavy (non-hydrogen) atoms. The van der Waals surface area contributed by atoms with Crippen LogP contribution < -0.4 is 0 Å². The zero-order chi connectivity index (χ0) is 31.5. The topological polar surface area (TPSA) is 81.9 Å². The van der Waals surface area contributed by atoms with E-state index in [4.69, 9.17) is 0 Å². The predicted molar refractivity (Wildman–Crippen MR) is 144 cm³/mol. The number of carbonyl (C=O) groups is 3. The van der Waals surface area contributed by atoms with Crippen molar-refractivity contribution in [2.75, 3.05) is 0 Å². The van der Waals surface area contributed by atoms with E-state index in [1.807, 2.05) is 0 Å². The van der Waals surface area contributed by atoms with Crippen LogP contribution in [-0.2, 0) is 23.9 Å². The van der Waals surface area contributed by atoms with Crippen LogP contribution in [0.3, 0.4) is 0 Å². The van der Waals surface area contributed by atoms with Gasteiger partial charge in [0.1, 0.15) is 24.0 Å². The molecule has 0 amide bonds. The molecule has 0 aliphatic heterocycles. The Morgan fingerprint density at radius 2 is 1.75 bits per heavy atom. The van der Waals surface area contributed by atoms with Crippen LogP contribution in [-0.4, -0.2) is 32.1 Å². The number of carbonyl (C=O) groups excluding carboxylic acids is 3. The highest BCUT2D eigenvalue weighted by Crippen LogP contribution is 2.57. The van der Waals surface area contributed by atoms with E-state index in [2.05, 4.69) is 10.1 Å². The van der Waals surface area contributed by atoms with E-state index < -0.39 is 77.0 Å². The summed E-state index contributed by atoms with van der Waals surface area (Å²) in [6.07, 6.45) is -3.64. The van der Waals surface area contributed by atoms with E-state index in [0.717, 1.165) is 18.2 Å². The molecular weight excluding hydrogens is 588 g/mol. The fraction of sp³-hybridized carbons (Fsp3) is 0.281. The first-order valence-corrected chi connectivity index (χ1v) is 13.8. The molecule has 0 radical (unpaired) electrons. The number of pyridine rings is 1. The highest BCUT2D eigenvalue weighted by atomic mass is 19.4. The zero-order valence-electron chi connectivity index (χ0n) is 23.1. The summed E-state index contributed by atoms with van der Waals surface area (Å²) in [6, 6.07) is 9.85. The van der Waals surface area contributed by atoms with Gasteiger partial charge in [-0.05, 0) is 61.2 Å². The quantitative estimate of drug-likeness (QED) is 0.152. The fourth-order valence-electron chi connectivity index (χ4n) is 6.09. The van der Waals surface area contributed by atoms with Crippen molar-refractivity contribution in [1.82, 2.24) is 14.8 Å². The summed E-state index contributed by atoms with van der Waals surface area (Å²) in [4.78, 5) is 42.4. The first-order chi connectivity index (χ1) is 20.8. The molecule has 1 fully saturated rings. The number of ketones is 3. The lowest BCUT2D eigenvalue weighted by Gasteiger charge is -2.20. The second-order valence-electron chi connectivity index (χ2n) is 11.2. The minimum absolute atomic E-state index is 0.0523. The number of benzene rings is 2. The van der Waals surface area contributed by atoms with Gasteiger partial charge in [-0.2, -0.15) is 18.3 Å². The van der Waals surface area contributed by atoms with Crippen molar-refractivity contribution in [3.8, 4) is 11.1 Å². The molecule has 2 heterocycles. The van der Waals surface area contributed by atoms with Crippen LogP contribution in [0.25, 0.3) is 11.1 Å². The van der Waals surface area contributed by atoms with Crippen LogP contribution >= 0.6 is 0 Å². The monoisotopic (exact) mass is 611 g/mol. The molecule has 3 atom stereocenters. The number of nitrogens with zero attached hydrogens (tertiary/aromatic N) is 3. The zero-order valence-corrected chi connectivity index (χ0v) is 23.1. The van der Waals surface area contributed by atoms with Gasteiger partial charge in [-0.3, -0.25) is 24.0 Å². The van der Waals surface area contributed by atoms with Crippen molar-refractivity contribution in [2.45, 2.75) is 50.7 Å². The third-order valence-electron chi connectivity index (χ3n) is 8.06. The highest BCUT2D eigenvalue weighted by Gasteiger charge is 2.58. The van der Waals surface area contributed by atoms with E-state index in [9.17, 15) is 40.7 Å². The number of alkyl halides is 3. The van der Waals surface area contributed by atoms with Crippen LogP contribution in [0, 0.1) is 23.4 Å². The van der Waals surface area contributed by atoms with Crippen LogP contribution in [0.2, 0.25) is 0 Å². The molecule has 0 saturated heterocycles. The molecule has 1 saturated carbocycles. The van der Waals surface area contributed by atoms with Crippen molar-refractivity contribution in [2.24, 2.45) is 5.92 Å². The summed E-state index contributed by atoms with van der Waals surface area (Å²) in [5, 5.41) is 4.03. The van der Waals surface area contributed by atoms with Gasteiger partial charge in [0, 0.05) is 42.0 Å². The van der Waals surface area contributed by atoms with Crippen molar-refractivity contribution in [3.63, 3.8) is 0 Å². The summed E-state index contributed by atoms with van der Waals surface area (Å²) < 4.78 is 85.3. The molecule has 6 nitrogen and oxygen atoms in total. The standard InChI is InChI=1S/C32H23F6N3O3/c1-15(42)23-11-17(4-5-26(23)35)22-3-2-6-39-28(22)18(7-16-8-19(33)12-20(34)9-16)10-21(43)14-41-31(32(36,37)38)27-29(40-41)24-13-25(24)30(27)44/h2-6,8-9,11-12,18,24-25H,7,10,13-14H2,1H3/t18-,24?,25?/m1/s1. The van der Waals surface area contributed by atoms with Crippen LogP contribution in [0.1, 0.15) is 75.0 Å². The van der Waals surface area contributed by atoms with Crippen LogP contribution in [0.4, 0.5) is 26.3 Å². The molecule has 2 aromatic heterocycles. The number of hydrogen-bond donors (Lipinski definition) is 0. The first-order valence-electron chi connectivity index (χ1n) is 13.8. The number of fused-ring (bicyclic) bond motifs is 3. The lowest BCUT2D eigenvalue weighted by atomic mass is 9.86. The molecular formula is C32H23F6N3O3. The average molecular weight is 612 g/mol. The number of aromatic nitrogens is 3. The molecule has 0 spiro atoms. The maximum absolute atomic E-state index is 14.3. The Kier molecular flexibility index (Phi) is 7.25. The summed E-state index contributed by atoms with van der Waals surface area (Å²) in [5.74, 6) is -6.08. The highest BCUT2D eigenvalue weighted by molar-refractivity contribution is 6.06. The Hall–Kier alpha value is -4.61. The van der Waals surface area contributed by atoms with E-state index >= 15 is 0 Å². The van der Waals surface area contributed by atoms with Crippen LogP contribution in [0.5, 0.6) is 0 Å². The maximum Gasteiger partial charge on any atom is 0.433 e. The molecule has 2 aromatic carbocycles. The third-order valence-corrected chi connectivity index (χ3v) is 8.06. The number of Topliss-reactive ketones (excluding diaryl/α,β-unsaturated/α-hetero) is 3. The lowest BCUT2D eigenvalue weighted by molar-refractivity contribution is -0.145. The molecule has 2 aliphatic carbocycles. The van der Waals surface area contributed by atoms with E-state index in [1.165, 1.54) is 25.3 Å². The van der Waals surface area contributed by atoms with Gasteiger partial charge in [-0.1, -0.05) is 12.1 Å². The third kappa shape index (κ3) is 5.44. The first kappa shape index (κ1) is 29.5. The second kappa shape index (κ2) is 10.8. The van der Waals surface area contributed by atoms with Crippen LogP contribution in [0.15, 0.2) is 54.7 Å². The van der Waals surface area contributed by atoms with Gasteiger partial charge in [0.15, 0.2) is 23.0 Å². The van der Waals surface area contributed by atoms with Crippen molar-refractivity contribution < 1.29 is 40.7 Å². The number of hydrogen-bond acceptors (Lipinski definition) is 5. The predicted octanol–water partition coefficient (Wildman–Crippen LogP) is 6.87. The molecule has 6 rings (SSSR count). The normalized spacial score (nSPS) is 17.8. The van der Waals surface area contributed by atoms with E-state index in [1.54, 1.807) is 12.1 Å². The molecule has 0 bridgehead atoms. The fourth-order valence-corrected chi connectivity index (χ4v) is 6.09. The largest absolute Gasteiger partial charge is 0.433 e. The summed E-state index contributed by atoms with van der Waals surface area (Å²) in [5.41, 5.74) is -0.688. The Morgan fingerprint density at radius 3 is 2.43 bits per heavy atom. The van der Waals surface area contributed by atoms with Gasteiger partial charge in [-0.15, -0.1) is 0 Å². The Labute approximate surface area is 246 Å². The minimum Gasteiger partial charge on any atom is -0.298 e. The number of rotatable bonds is 9. The van der Waals surface area contributed by atoms with Crippen molar-refractivity contribution in [3.05, 3.63) is 106 Å². The van der Waals surface area contributed by atoms with Gasteiger partial charge >= 0.3 is 6.18 Å². The van der Waals surface area contributed by atoms with Gasteiger partial charge < -0.3 is 0 Å². The van der Waals surface area contributed by atoms with E-state index in [-0.39, 0.29) is 34.9 Å². The molecule has 2 unspecified atom stereocenters. The van der Waals surface area contributed by atoms with Gasteiger partial charge in [0.25, 0.3) is 0 Å². The van der Waals surface area contributed by atoms with Gasteiger partial charge in [0.05, 0.1) is 22.5 Å². The van der Waals surface area contributed by atoms with Crippen molar-refractivity contribution >= 4 is 17.3 Å². The molecule has 4 aromatic rings. The Bertz CT molecular complexity index is 1830. The van der Waals surface area contributed by atoms with E-state index in [0.29, 0.717) is 28.3 Å².